The summed E-state index contributed by atoms with van der Waals surface area (Å²) in [6.07, 6.45) is 27.1. The predicted molar refractivity (Wildman–Crippen MR) is 203 cm³/mol. The highest BCUT2D eigenvalue weighted by atomic mass is 16.7. The summed E-state index contributed by atoms with van der Waals surface area (Å²) >= 11 is 0. The molecule has 6 N–H and O–H groups in total. The van der Waals surface area contributed by atoms with Crippen molar-refractivity contribution >= 4 is 5.91 Å². The van der Waals surface area contributed by atoms with Crippen molar-refractivity contribution in [2.75, 3.05) is 13.2 Å². The molecular formula is C41H81NO8. The first-order valence-corrected chi connectivity index (χ1v) is 21.2. The molecule has 0 bridgehead atoms. The number of nitrogens with one attached hydrogen (secondary N) is 1. The van der Waals surface area contributed by atoms with E-state index in [9.17, 15) is 30.3 Å². The van der Waals surface area contributed by atoms with Crippen LogP contribution < -0.4 is 5.32 Å². The van der Waals surface area contributed by atoms with Gasteiger partial charge in [0.15, 0.2) is 6.29 Å². The molecular weight excluding hydrogens is 634 g/mol. The molecule has 0 aromatic heterocycles. The van der Waals surface area contributed by atoms with Crippen LogP contribution in [-0.2, 0) is 14.3 Å². The van der Waals surface area contributed by atoms with Gasteiger partial charge in [-0.2, -0.15) is 0 Å². The first-order valence-electron chi connectivity index (χ1n) is 21.2. The van der Waals surface area contributed by atoms with E-state index in [0.29, 0.717) is 12.8 Å². The first kappa shape index (κ1) is 47.2. The Morgan fingerprint density at radius 1 is 0.600 bits per heavy atom. The first-order chi connectivity index (χ1) is 24.3. The summed E-state index contributed by atoms with van der Waals surface area (Å²) in [5.41, 5.74) is 0. The Morgan fingerprint density at radius 3 is 1.42 bits per heavy atom. The maximum absolute atomic E-state index is 12.8. The van der Waals surface area contributed by atoms with E-state index < -0.39 is 49.5 Å². The fourth-order valence-corrected chi connectivity index (χ4v) is 6.98. The molecule has 1 aliphatic rings. The minimum atomic E-state index is -1.55. The molecule has 0 saturated carbocycles. The lowest BCUT2D eigenvalue weighted by molar-refractivity contribution is -0.302. The summed E-state index contributed by atoms with van der Waals surface area (Å²) in [7, 11) is 0. The molecule has 1 saturated heterocycles. The van der Waals surface area contributed by atoms with Crippen LogP contribution in [0, 0.1) is 0 Å². The fourth-order valence-electron chi connectivity index (χ4n) is 6.98. The third kappa shape index (κ3) is 23.7. The number of aliphatic hydroxyl groups excluding tert-OH is 5. The molecule has 1 aliphatic heterocycles. The highest BCUT2D eigenvalue weighted by molar-refractivity contribution is 5.76. The van der Waals surface area contributed by atoms with Crippen LogP contribution in [0.15, 0.2) is 0 Å². The molecule has 1 heterocycles. The number of amides is 1. The lowest BCUT2D eigenvalue weighted by Gasteiger charge is -2.40. The normalized spacial score (nSPS) is 22.1. The van der Waals surface area contributed by atoms with Gasteiger partial charge in [0.25, 0.3) is 0 Å². The minimum absolute atomic E-state index is 0.133. The van der Waals surface area contributed by atoms with Crippen molar-refractivity contribution < 1.29 is 39.8 Å². The van der Waals surface area contributed by atoms with Crippen molar-refractivity contribution in [2.24, 2.45) is 0 Å². The van der Waals surface area contributed by atoms with Gasteiger partial charge in [-0.15, -0.1) is 0 Å². The van der Waals surface area contributed by atoms with Gasteiger partial charge < -0.3 is 40.3 Å². The van der Waals surface area contributed by atoms with Crippen LogP contribution in [0.4, 0.5) is 0 Å². The molecule has 0 aromatic rings. The van der Waals surface area contributed by atoms with Crippen LogP contribution in [0.1, 0.15) is 200 Å². The van der Waals surface area contributed by atoms with E-state index in [1.165, 1.54) is 135 Å². The SMILES string of the molecule is CCCCCCCCCCCCCCCCCCCCCCC(O)C(COC1OC(CO)C(O)C(O)C1O)NC(=O)CCCCCCCCC. The lowest BCUT2D eigenvalue weighted by Crippen LogP contribution is -2.60. The van der Waals surface area contributed by atoms with Gasteiger partial charge in [-0.05, 0) is 12.8 Å². The number of aliphatic hydroxyl groups is 5. The van der Waals surface area contributed by atoms with E-state index in [0.717, 1.165) is 38.5 Å². The van der Waals surface area contributed by atoms with E-state index in [4.69, 9.17) is 9.47 Å². The van der Waals surface area contributed by atoms with Crippen LogP contribution in [0.2, 0.25) is 0 Å². The van der Waals surface area contributed by atoms with Gasteiger partial charge in [-0.3, -0.25) is 4.79 Å². The molecule has 0 radical (unpaired) electrons. The molecule has 9 heteroatoms. The number of carbonyl (C=O) groups is 1. The Bertz CT molecular complexity index is 756. The van der Waals surface area contributed by atoms with E-state index >= 15 is 0 Å². The molecule has 1 amide bonds. The minimum Gasteiger partial charge on any atom is -0.394 e. The quantitative estimate of drug-likeness (QED) is 0.0362. The number of hydrogen-bond acceptors (Lipinski definition) is 8. The van der Waals surface area contributed by atoms with Crippen molar-refractivity contribution in [2.45, 2.75) is 243 Å². The zero-order valence-corrected chi connectivity index (χ0v) is 32.4. The molecule has 9 nitrogen and oxygen atoms in total. The van der Waals surface area contributed by atoms with Crippen LogP contribution >= 0.6 is 0 Å². The van der Waals surface area contributed by atoms with E-state index in [1.807, 2.05) is 0 Å². The number of carbonyl (C=O) groups excluding carboxylic acids is 1. The Balaban J connectivity index is 2.26. The highest BCUT2D eigenvalue weighted by Crippen LogP contribution is 2.23. The number of rotatable bonds is 35. The highest BCUT2D eigenvalue weighted by Gasteiger charge is 2.44. The van der Waals surface area contributed by atoms with Gasteiger partial charge in [0.2, 0.25) is 5.91 Å². The second kappa shape index (κ2) is 32.8. The summed E-state index contributed by atoms with van der Waals surface area (Å²) < 4.78 is 11.2. The molecule has 298 valence electrons. The molecule has 0 aliphatic carbocycles. The van der Waals surface area contributed by atoms with Gasteiger partial charge in [0.05, 0.1) is 25.4 Å². The Morgan fingerprint density at radius 2 is 1.00 bits per heavy atom. The zero-order valence-electron chi connectivity index (χ0n) is 32.4. The maximum atomic E-state index is 12.8. The number of unbranched alkanes of at least 4 members (excludes halogenated alkanes) is 25. The average Bonchev–Trinajstić information content (AvgIpc) is 3.11. The van der Waals surface area contributed by atoms with Crippen LogP contribution in [0.3, 0.4) is 0 Å². The molecule has 7 atom stereocenters. The Hall–Kier alpha value is -0.810. The van der Waals surface area contributed by atoms with Gasteiger partial charge in [0.1, 0.15) is 24.4 Å². The predicted octanol–water partition coefficient (Wildman–Crippen LogP) is 8.00. The van der Waals surface area contributed by atoms with Crippen molar-refractivity contribution in [3.8, 4) is 0 Å². The summed E-state index contributed by atoms with van der Waals surface area (Å²) in [4.78, 5) is 12.8. The van der Waals surface area contributed by atoms with Crippen LogP contribution in [0.5, 0.6) is 0 Å². The Kier molecular flexibility index (Phi) is 31.0. The summed E-state index contributed by atoms with van der Waals surface area (Å²) in [5, 5.41) is 54.0. The molecule has 1 rings (SSSR count). The maximum Gasteiger partial charge on any atom is 0.220 e. The molecule has 7 unspecified atom stereocenters. The molecule has 50 heavy (non-hydrogen) atoms. The third-order valence-electron chi connectivity index (χ3n) is 10.5. The summed E-state index contributed by atoms with van der Waals surface area (Å²) in [5.74, 6) is -0.150. The van der Waals surface area contributed by atoms with Gasteiger partial charge >= 0.3 is 0 Å². The summed E-state index contributed by atoms with van der Waals surface area (Å²) in [6.45, 7) is 3.79. The lowest BCUT2D eigenvalue weighted by atomic mass is 9.99. The molecule has 0 spiro atoms. The van der Waals surface area contributed by atoms with Crippen LogP contribution in [0.25, 0.3) is 0 Å². The third-order valence-corrected chi connectivity index (χ3v) is 10.5. The fraction of sp³-hybridized carbons (Fsp3) is 0.976. The standard InChI is InChI=1S/C41H81NO8/c1-3-5-7-9-11-12-13-14-15-16-17-18-19-20-21-22-23-25-26-28-30-35(44)34(42-37(45)31-29-27-24-10-8-6-4-2)33-49-41-40(48)39(47)38(46)36(32-43)50-41/h34-36,38-41,43-44,46-48H,3-33H2,1-2H3,(H,42,45). The second-order valence-electron chi connectivity index (χ2n) is 15.1. The smallest absolute Gasteiger partial charge is 0.220 e. The zero-order chi connectivity index (χ0) is 36.7. The van der Waals surface area contributed by atoms with E-state index in [-0.39, 0.29) is 12.5 Å². The van der Waals surface area contributed by atoms with Crippen molar-refractivity contribution in [1.82, 2.24) is 5.32 Å². The molecule has 1 fully saturated rings. The van der Waals surface area contributed by atoms with E-state index in [1.54, 1.807) is 0 Å². The molecule has 0 aromatic carbocycles. The van der Waals surface area contributed by atoms with Crippen molar-refractivity contribution in [3.05, 3.63) is 0 Å². The Labute approximate surface area is 306 Å². The summed E-state index contributed by atoms with van der Waals surface area (Å²) in [6, 6.07) is -0.709. The van der Waals surface area contributed by atoms with Crippen molar-refractivity contribution in [1.29, 1.82) is 0 Å². The largest absolute Gasteiger partial charge is 0.394 e. The van der Waals surface area contributed by atoms with Gasteiger partial charge in [0, 0.05) is 6.42 Å². The monoisotopic (exact) mass is 716 g/mol. The van der Waals surface area contributed by atoms with Gasteiger partial charge in [-0.1, -0.05) is 181 Å². The topological polar surface area (TPSA) is 149 Å². The van der Waals surface area contributed by atoms with Gasteiger partial charge in [-0.25, -0.2) is 0 Å². The van der Waals surface area contributed by atoms with E-state index in [2.05, 4.69) is 19.2 Å². The number of hydrogen-bond donors (Lipinski definition) is 6. The van der Waals surface area contributed by atoms with Crippen LogP contribution in [-0.4, -0.2) is 87.5 Å². The van der Waals surface area contributed by atoms with Crippen molar-refractivity contribution in [3.63, 3.8) is 0 Å². The second-order valence-corrected chi connectivity index (χ2v) is 15.1. The average molecular weight is 716 g/mol. The number of ether oxygens (including phenoxy) is 2.